The Morgan fingerprint density at radius 1 is 0.511 bits per heavy atom. The summed E-state index contributed by atoms with van der Waals surface area (Å²) in [6.45, 7) is 40.5. The van der Waals surface area contributed by atoms with E-state index in [4.69, 9.17) is 24.3 Å². The third-order valence-corrected chi connectivity index (χ3v) is 30.9. The fourth-order valence-corrected chi connectivity index (χ4v) is 18.5. The van der Waals surface area contributed by atoms with Crippen molar-refractivity contribution >= 4 is 47.1 Å². The highest BCUT2D eigenvalue weighted by Crippen LogP contribution is 2.37. The Hall–Kier alpha value is -0.106. The van der Waals surface area contributed by atoms with E-state index in [1.165, 1.54) is 0 Å². The van der Waals surface area contributed by atoms with E-state index < -0.39 is 65.8 Å². The minimum absolute atomic E-state index is 0.0170. The molecule has 0 amide bonds. The maximum Gasteiger partial charge on any atom is 0.193 e. The van der Waals surface area contributed by atoms with Gasteiger partial charge in [0.05, 0.1) is 0 Å². The lowest BCUT2D eigenvalue weighted by atomic mass is 9.96. The van der Waals surface area contributed by atoms with Crippen LogP contribution in [0.2, 0.25) is 92.2 Å². The Morgan fingerprint density at radius 2 is 0.787 bits per heavy atom. The first-order valence-corrected chi connectivity index (χ1v) is 33.0. The number of Topliss-reactive ketones (excluding diaryl/α,β-unsaturated/α-hetero) is 1. The molecule has 0 radical (unpaired) electrons. The Kier molecular flexibility index (Phi) is 21.3. The summed E-state index contributed by atoms with van der Waals surface area (Å²) in [6.07, 6.45) is -2.26. The molecule has 0 unspecified atom stereocenters. The van der Waals surface area contributed by atoms with Crippen molar-refractivity contribution in [2.45, 2.75) is 207 Å². The Labute approximate surface area is 298 Å². The van der Waals surface area contributed by atoms with Crippen LogP contribution in [0.5, 0.6) is 0 Å². The largest absolute Gasteiger partial charge is 0.407 e. The van der Waals surface area contributed by atoms with Crippen LogP contribution in [0.3, 0.4) is 0 Å². The van der Waals surface area contributed by atoms with Crippen LogP contribution in [0.1, 0.15) is 90.0 Å². The summed E-state index contributed by atoms with van der Waals surface area (Å²) in [4.78, 5) is 13.8. The van der Waals surface area contributed by atoms with Crippen molar-refractivity contribution < 1.29 is 22.5 Å². The van der Waals surface area contributed by atoms with Crippen LogP contribution in [0.4, 0.5) is 0 Å². The van der Waals surface area contributed by atoms with Crippen LogP contribution in [-0.2, 0) is 22.5 Å². The van der Waals surface area contributed by atoms with Gasteiger partial charge < -0.3 is 17.7 Å². The molecule has 0 aliphatic carbocycles. The summed E-state index contributed by atoms with van der Waals surface area (Å²) >= 11 is 0. The minimum atomic E-state index is -2.22. The molecule has 0 aliphatic rings. The summed E-state index contributed by atoms with van der Waals surface area (Å²) in [5, 5.41) is 0. The van der Waals surface area contributed by atoms with Crippen LogP contribution in [0.15, 0.2) is 12.2 Å². The van der Waals surface area contributed by atoms with E-state index in [1.807, 2.05) is 0 Å². The van der Waals surface area contributed by atoms with Crippen LogP contribution in [-0.4, -0.2) is 71.5 Å². The van der Waals surface area contributed by atoms with Gasteiger partial charge in [-0.2, -0.15) is 0 Å². The van der Waals surface area contributed by atoms with Gasteiger partial charge in [0.2, 0.25) is 0 Å². The minimum Gasteiger partial charge on any atom is -0.407 e. The van der Waals surface area contributed by atoms with E-state index in [0.717, 1.165) is 78.1 Å². The molecule has 0 heterocycles. The molecule has 5 nitrogen and oxygen atoms in total. The highest BCUT2D eigenvalue weighted by molar-refractivity contribution is 6.84. The van der Waals surface area contributed by atoms with Gasteiger partial charge in [0.15, 0.2) is 39.1 Å². The highest BCUT2D eigenvalue weighted by atomic mass is 28.4. The number of ketones is 1. The quantitative estimate of drug-likeness (QED) is 0.0529. The van der Waals surface area contributed by atoms with Crippen molar-refractivity contribution in [1.82, 2.24) is 0 Å². The number of hydrogen-bond donors (Lipinski definition) is 0. The standard InChI is InChI=1S/C37H78O5Si5/c1-18-44(19-2,20-3)39-34(30-31-43(15,16)17)35(40-45(21-4,22-5)23-6)32(13)36(41-46(24-7,25-8)26-9)37(33(14)38)42-47(27-10,28-11)29-12/h34-37H,13,18-29H2,1-12,14-17H3/t34-,35-,36-,37-/m0/s1. The number of carbonyl (C=O) groups is 1. The fourth-order valence-electron chi connectivity index (χ4n) is 6.72. The lowest BCUT2D eigenvalue weighted by Crippen LogP contribution is -2.56. The van der Waals surface area contributed by atoms with Gasteiger partial charge in [0.25, 0.3) is 0 Å². The van der Waals surface area contributed by atoms with Gasteiger partial charge in [-0.05, 0) is 85.0 Å². The van der Waals surface area contributed by atoms with Crippen molar-refractivity contribution in [3.05, 3.63) is 12.2 Å². The second-order valence-electron chi connectivity index (χ2n) is 14.8. The van der Waals surface area contributed by atoms with E-state index in [2.05, 4.69) is 114 Å². The smallest absolute Gasteiger partial charge is 0.193 e. The fraction of sp³-hybridized carbons (Fsp3) is 0.865. The lowest BCUT2D eigenvalue weighted by molar-refractivity contribution is -0.128. The van der Waals surface area contributed by atoms with Crippen LogP contribution < -0.4 is 0 Å². The molecular formula is C37H78O5Si5. The summed E-state index contributed by atoms with van der Waals surface area (Å²) in [7, 11) is -10.5. The summed E-state index contributed by atoms with van der Waals surface area (Å²) in [5.74, 6) is 3.72. The Balaban J connectivity index is 7.96. The molecule has 0 aromatic heterocycles. The molecule has 0 fully saturated rings. The molecule has 4 atom stereocenters. The second-order valence-corrected chi connectivity index (χ2v) is 38.5. The predicted octanol–water partition coefficient (Wildman–Crippen LogP) is 11.6. The lowest BCUT2D eigenvalue weighted by Gasteiger charge is -2.45. The van der Waals surface area contributed by atoms with Crippen LogP contribution in [0.25, 0.3) is 0 Å². The molecule has 0 saturated heterocycles. The molecule has 0 aromatic rings. The van der Waals surface area contributed by atoms with Gasteiger partial charge in [-0.15, -0.1) is 5.54 Å². The Morgan fingerprint density at radius 3 is 1.06 bits per heavy atom. The monoisotopic (exact) mass is 742 g/mol. The van der Waals surface area contributed by atoms with E-state index in [1.54, 1.807) is 6.92 Å². The van der Waals surface area contributed by atoms with E-state index in [0.29, 0.717) is 0 Å². The molecule has 0 saturated carbocycles. The number of hydrogen-bond acceptors (Lipinski definition) is 5. The molecule has 47 heavy (non-hydrogen) atoms. The van der Waals surface area contributed by atoms with Crippen LogP contribution in [0, 0.1) is 11.5 Å². The van der Waals surface area contributed by atoms with Crippen molar-refractivity contribution in [1.29, 1.82) is 0 Å². The van der Waals surface area contributed by atoms with Crippen molar-refractivity contribution in [3.8, 4) is 11.5 Å². The maximum absolute atomic E-state index is 13.8. The second kappa shape index (κ2) is 21.3. The van der Waals surface area contributed by atoms with Crippen LogP contribution >= 0.6 is 0 Å². The summed E-state index contributed by atoms with van der Waals surface area (Å²) in [5.41, 5.74) is 4.49. The predicted molar refractivity (Wildman–Crippen MR) is 219 cm³/mol. The third kappa shape index (κ3) is 13.2. The number of rotatable bonds is 25. The summed E-state index contributed by atoms with van der Waals surface area (Å²) < 4.78 is 29.5. The molecular weight excluding hydrogens is 665 g/mol. The highest BCUT2D eigenvalue weighted by Gasteiger charge is 2.47. The molecule has 0 aliphatic heterocycles. The van der Waals surface area contributed by atoms with E-state index in [9.17, 15) is 4.79 Å². The zero-order valence-electron chi connectivity index (χ0n) is 34.0. The van der Waals surface area contributed by atoms with Gasteiger partial charge in [0, 0.05) is 0 Å². The molecule has 0 N–H and O–H groups in total. The SMILES string of the molecule is C=C([C@H](O[Si](CC)(CC)CC)[C@H](C#C[Si](C)(C)C)O[Si](CC)(CC)CC)[C@H](O[Si](CC)(CC)CC)[C@@H](O[Si](CC)(CC)CC)C(C)=O. The topological polar surface area (TPSA) is 54.0 Å². The zero-order valence-corrected chi connectivity index (χ0v) is 39.0. The van der Waals surface area contributed by atoms with Crippen molar-refractivity contribution in [2.75, 3.05) is 0 Å². The van der Waals surface area contributed by atoms with Crippen molar-refractivity contribution in [2.24, 2.45) is 0 Å². The van der Waals surface area contributed by atoms with E-state index >= 15 is 0 Å². The Bertz CT molecular complexity index is 952. The van der Waals surface area contributed by atoms with Gasteiger partial charge in [0.1, 0.15) is 32.5 Å². The van der Waals surface area contributed by atoms with Crippen molar-refractivity contribution in [3.63, 3.8) is 0 Å². The molecule has 0 aromatic carbocycles. The average molecular weight is 743 g/mol. The normalized spacial score (nSPS) is 15.8. The zero-order chi connectivity index (χ0) is 36.7. The van der Waals surface area contributed by atoms with Gasteiger partial charge in [-0.25, -0.2) is 0 Å². The molecule has 276 valence electrons. The number of carbonyl (C=O) groups excluding carboxylic acids is 1. The first-order chi connectivity index (χ1) is 21.9. The van der Waals surface area contributed by atoms with Gasteiger partial charge in [-0.3, -0.25) is 4.79 Å². The van der Waals surface area contributed by atoms with Gasteiger partial charge in [-0.1, -0.05) is 115 Å². The third-order valence-electron chi connectivity index (χ3n) is 11.5. The van der Waals surface area contributed by atoms with E-state index in [-0.39, 0.29) is 5.78 Å². The molecule has 10 heteroatoms. The van der Waals surface area contributed by atoms with Gasteiger partial charge >= 0.3 is 0 Å². The molecule has 0 spiro atoms. The molecule has 0 rings (SSSR count). The average Bonchev–Trinajstić information content (AvgIpc) is 3.08. The maximum atomic E-state index is 13.8. The first-order valence-electron chi connectivity index (χ1n) is 19.4. The first kappa shape index (κ1) is 46.9. The summed E-state index contributed by atoms with van der Waals surface area (Å²) in [6, 6.07) is 11.9. The molecule has 0 bridgehead atoms.